The number of nitrogens with zero attached hydrogens (tertiary/aromatic N) is 5. The van der Waals surface area contributed by atoms with E-state index in [2.05, 4.69) is 35.4 Å². The van der Waals surface area contributed by atoms with Crippen LogP contribution in [0.4, 0.5) is 11.6 Å². The molecule has 0 spiro atoms. The molecule has 2 aliphatic rings. The minimum absolute atomic E-state index is 0.195. The second-order valence-electron chi connectivity index (χ2n) is 9.21. The van der Waals surface area contributed by atoms with E-state index in [1.807, 2.05) is 24.3 Å². The first-order valence-corrected chi connectivity index (χ1v) is 12.6. The number of carbonyl (C=O) groups is 2. The largest absolute Gasteiger partial charge is 0.357 e. The Kier molecular flexibility index (Phi) is 7.35. The van der Waals surface area contributed by atoms with Gasteiger partial charge in [0.1, 0.15) is 23.0 Å². The van der Waals surface area contributed by atoms with Crippen molar-refractivity contribution in [3.8, 4) is 0 Å². The van der Waals surface area contributed by atoms with Crippen molar-refractivity contribution < 1.29 is 9.59 Å². The molecule has 0 saturated carbocycles. The van der Waals surface area contributed by atoms with Crippen LogP contribution in [0.25, 0.3) is 0 Å². The molecule has 36 heavy (non-hydrogen) atoms. The fourth-order valence-electron chi connectivity index (χ4n) is 4.54. The van der Waals surface area contributed by atoms with E-state index in [0.29, 0.717) is 13.1 Å². The van der Waals surface area contributed by atoms with Crippen molar-refractivity contribution in [1.29, 1.82) is 0 Å². The van der Waals surface area contributed by atoms with Crippen LogP contribution in [0.15, 0.2) is 54.9 Å². The molecule has 0 aromatic carbocycles. The fourth-order valence-corrected chi connectivity index (χ4v) is 4.54. The van der Waals surface area contributed by atoms with Crippen LogP contribution in [-0.4, -0.2) is 52.9 Å². The smallest absolute Gasteiger partial charge is 0.270 e. The van der Waals surface area contributed by atoms with Crippen molar-refractivity contribution in [3.63, 3.8) is 0 Å². The highest BCUT2D eigenvalue weighted by Crippen LogP contribution is 2.18. The molecule has 2 fully saturated rings. The van der Waals surface area contributed by atoms with Crippen LogP contribution < -0.4 is 20.4 Å². The molecule has 0 unspecified atom stereocenters. The predicted molar refractivity (Wildman–Crippen MR) is 138 cm³/mol. The molecular weight excluding hydrogens is 454 g/mol. The number of pyridine rings is 3. The predicted octanol–water partition coefficient (Wildman–Crippen LogP) is 2.93. The zero-order valence-corrected chi connectivity index (χ0v) is 20.3. The van der Waals surface area contributed by atoms with Gasteiger partial charge in [0.05, 0.1) is 0 Å². The third-order valence-corrected chi connectivity index (χ3v) is 6.60. The van der Waals surface area contributed by atoms with Gasteiger partial charge in [0.2, 0.25) is 0 Å². The van der Waals surface area contributed by atoms with Crippen LogP contribution in [0.3, 0.4) is 0 Å². The summed E-state index contributed by atoms with van der Waals surface area (Å²) in [5, 5.41) is 5.72. The van der Waals surface area contributed by atoms with E-state index in [9.17, 15) is 9.59 Å². The highest BCUT2D eigenvalue weighted by molar-refractivity contribution is 5.96. The molecule has 186 valence electrons. The molecular formula is C27H31N7O2. The summed E-state index contributed by atoms with van der Waals surface area (Å²) in [5.74, 6) is 1.27. The van der Waals surface area contributed by atoms with E-state index in [0.717, 1.165) is 48.9 Å². The molecule has 5 heterocycles. The van der Waals surface area contributed by atoms with Gasteiger partial charge in [-0.1, -0.05) is 18.2 Å². The summed E-state index contributed by atoms with van der Waals surface area (Å²) >= 11 is 0. The molecule has 2 aliphatic heterocycles. The van der Waals surface area contributed by atoms with Gasteiger partial charge in [-0.05, 0) is 61.1 Å². The maximum Gasteiger partial charge on any atom is 0.270 e. The monoisotopic (exact) mass is 485 g/mol. The highest BCUT2D eigenvalue weighted by atomic mass is 16.2. The summed E-state index contributed by atoms with van der Waals surface area (Å²) in [5.41, 5.74) is 2.20. The summed E-state index contributed by atoms with van der Waals surface area (Å²) in [6, 6.07) is 12.8. The van der Waals surface area contributed by atoms with E-state index >= 15 is 0 Å². The number of nitrogens with one attached hydrogen (secondary N) is 2. The lowest BCUT2D eigenvalue weighted by Crippen LogP contribution is -2.27. The van der Waals surface area contributed by atoms with Crippen molar-refractivity contribution in [2.24, 2.45) is 0 Å². The quantitative estimate of drug-likeness (QED) is 0.506. The molecule has 2 amide bonds. The molecule has 2 N–H and O–H groups in total. The summed E-state index contributed by atoms with van der Waals surface area (Å²) in [6.45, 7) is 4.84. The van der Waals surface area contributed by atoms with Gasteiger partial charge in [0.15, 0.2) is 0 Å². The molecule has 3 aromatic rings. The van der Waals surface area contributed by atoms with Crippen molar-refractivity contribution in [2.45, 2.75) is 38.8 Å². The number of anilines is 2. The number of carbonyl (C=O) groups excluding carboxylic acids is 2. The van der Waals surface area contributed by atoms with Gasteiger partial charge < -0.3 is 20.4 Å². The Labute approximate surface area is 211 Å². The Balaban J connectivity index is 1.12. The van der Waals surface area contributed by atoms with Gasteiger partial charge in [0.25, 0.3) is 11.8 Å². The second kappa shape index (κ2) is 11.2. The van der Waals surface area contributed by atoms with Crippen LogP contribution >= 0.6 is 0 Å². The van der Waals surface area contributed by atoms with Crippen molar-refractivity contribution in [3.05, 3.63) is 77.4 Å². The third kappa shape index (κ3) is 5.79. The molecule has 5 rings (SSSR count). The summed E-state index contributed by atoms with van der Waals surface area (Å²) in [4.78, 5) is 43.1. The summed E-state index contributed by atoms with van der Waals surface area (Å²) in [7, 11) is 0. The molecule has 0 bridgehead atoms. The van der Waals surface area contributed by atoms with Crippen LogP contribution in [0.5, 0.6) is 0 Å². The van der Waals surface area contributed by atoms with Gasteiger partial charge in [-0.15, -0.1) is 0 Å². The molecule has 9 nitrogen and oxygen atoms in total. The molecule has 3 aromatic heterocycles. The Morgan fingerprint density at radius 3 is 1.50 bits per heavy atom. The van der Waals surface area contributed by atoms with Crippen molar-refractivity contribution >= 4 is 23.5 Å². The first-order chi connectivity index (χ1) is 17.7. The molecule has 2 saturated heterocycles. The van der Waals surface area contributed by atoms with Crippen LogP contribution in [0.1, 0.15) is 57.8 Å². The lowest BCUT2D eigenvalue weighted by molar-refractivity contribution is 0.0941. The average molecular weight is 486 g/mol. The van der Waals surface area contributed by atoms with Crippen LogP contribution in [-0.2, 0) is 13.1 Å². The van der Waals surface area contributed by atoms with E-state index in [1.54, 1.807) is 30.6 Å². The minimum atomic E-state index is -0.338. The topological polar surface area (TPSA) is 103 Å². The van der Waals surface area contributed by atoms with Gasteiger partial charge in [-0.25, -0.2) is 15.0 Å². The van der Waals surface area contributed by atoms with Crippen molar-refractivity contribution in [1.82, 2.24) is 25.6 Å². The summed E-state index contributed by atoms with van der Waals surface area (Å²) < 4.78 is 0. The molecule has 0 radical (unpaired) electrons. The number of hydrogen-bond acceptors (Lipinski definition) is 7. The van der Waals surface area contributed by atoms with Gasteiger partial charge in [0, 0.05) is 51.7 Å². The number of aromatic nitrogens is 3. The van der Waals surface area contributed by atoms with Gasteiger partial charge >= 0.3 is 0 Å². The Bertz CT molecular complexity index is 1090. The van der Waals surface area contributed by atoms with E-state index in [4.69, 9.17) is 0 Å². The van der Waals surface area contributed by atoms with E-state index in [1.165, 1.54) is 25.7 Å². The Morgan fingerprint density at radius 2 is 1.11 bits per heavy atom. The minimum Gasteiger partial charge on any atom is -0.357 e. The standard InChI is InChI=1S/C27H31N7O2/c35-26(30-18-20-8-10-24(28-16-20)33-12-1-2-13-33)22-6-5-7-23(32-22)27(36)31-19-21-9-11-25(29-17-21)34-14-3-4-15-34/h5-11,16-17H,1-4,12-15,18-19H2,(H,30,35)(H,31,36). The average Bonchev–Trinajstić information content (AvgIpc) is 3.66. The van der Waals surface area contributed by atoms with Crippen LogP contribution in [0, 0.1) is 0 Å². The first kappa shape index (κ1) is 23.7. The van der Waals surface area contributed by atoms with Gasteiger partial charge in [-0.2, -0.15) is 0 Å². The third-order valence-electron chi connectivity index (χ3n) is 6.60. The SMILES string of the molecule is O=C(NCc1ccc(N2CCCC2)nc1)c1cccc(C(=O)NCc2ccc(N3CCCC3)nc2)n1. The highest BCUT2D eigenvalue weighted by Gasteiger charge is 2.15. The van der Waals surface area contributed by atoms with E-state index in [-0.39, 0.29) is 23.2 Å². The Hall–Kier alpha value is -4.01. The molecule has 0 atom stereocenters. The molecule has 9 heteroatoms. The zero-order valence-electron chi connectivity index (χ0n) is 20.3. The van der Waals surface area contributed by atoms with Gasteiger partial charge in [-0.3, -0.25) is 9.59 Å². The zero-order chi connectivity index (χ0) is 24.7. The van der Waals surface area contributed by atoms with Crippen LogP contribution in [0.2, 0.25) is 0 Å². The summed E-state index contributed by atoms with van der Waals surface area (Å²) in [6.07, 6.45) is 8.38. The number of hydrogen-bond donors (Lipinski definition) is 2. The fraction of sp³-hybridized carbons (Fsp3) is 0.370. The van der Waals surface area contributed by atoms with E-state index < -0.39 is 0 Å². The second-order valence-corrected chi connectivity index (χ2v) is 9.21. The number of amides is 2. The Morgan fingerprint density at radius 1 is 0.667 bits per heavy atom. The first-order valence-electron chi connectivity index (χ1n) is 12.6. The van der Waals surface area contributed by atoms with Crippen molar-refractivity contribution in [2.75, 3.05) is 36.0 Å². The normalized spacial score (nSPS) is 15.2. The maximum absolute atomic E-state index is 12.6. The number of rotatable bonds is 8. The maximum atomic E-state index is 12.6. The lowest BCUT2D eigenvalue weighted by Gasteiger charge is -2.16. The molecule has 0 aliphatic carbocycles. The lowest BCUT2D eigenvalue weighted by atomic mass is 10.2.